The van der Waals surface area contributed by atoms with E-state index in [1.54, 1.807) is 7.05 Å². The first-order chi connectivity index (χ1) is 13.4. The van der Waals surface area contributed by atoms with Gasteiger partial charge in [-0.3, -0.25) is 4.99 Å². The highest BCUT2D eigenvalue weighted by molar-refractivity contribution is 5.79. The molecule has 0 aromatic heterocycles. The first kappa shape index (κ1) is 25.5. The largest absolute Gasteiger partial charge is 0.444 e. The summed E-state index contributed by atoms with van der Waals surface area (Å²) in [4.78, 5) is 21.4. The Kier molecular flexibility index (Phi) is 10.2. The van der Waals surface area contributed by atoms with Gasteiger partial charge in [-0.1, -0.05) is 13.8 Å². The van der Waals surface area contributed by atoms with Gasteiger partial charge in [-0.05, 0) is 47.1 Å². The number of hydrogen-bond acceptors (Lipinski definition) is 5. The van der Waals surface area contributed by atoms with Gasteiger partial charge in [0.25, 0.3) is 0 Å². The van der Waals surface area contributed by atoms with Crippen LogP contribution in [0.2, 0.25) is 0 Å². The fourth-order valence-corrected chi connectivity index (χ4v) is 3.21. The number of rotatable bonds is 8. The number of likely N-dealkylation sites (N-methyl/N-ethyl adjacent to an activating group) is 1. The van der Waals surface area contributed by atoms with Crippen molar-refractivity contribution in [2.24, 2.45) is 10.9 Å². The third-order valence-corrected chi connectivity index (χ3v) is 4.86. The zero-order valence-corrected chi connectivity index (χ0v) is 19.9. The highest BCUT2D eigenvalue weighted by Crippen LogP contribution is 2.09. The van der Waals surface area contributed by atoms with Gasteiger partial charge >= 0.3 is 6.09 Å². The van der Waals surface area contributed by atoms with Crippen LogP contribution >= 0.6 is 0 Å². The van der Waals surface area contributed by atoms with Crippen molar-refractivity contribution < 1.29 is 9.53 Å². The molecule has 0 aromatic carbocycles. The summed E-state index contributed by atoms with van der Waals surface area (Å²) in [6, 6.07) is 0. The quantitative estimate of drug-likeness (QED) is 0.416. The van der Waals surface area contributed by atoms with E-state index in [1.165, 1.54) is 13.1 Å². The molecule has 0 saturated carbocycles. The maximum Gasteiger partial charge on any atom is 0.408 e. The Labute approximate surface area is 177 Å². The highest BCUT2D eigenvalue weighted by atomic mass is 16.6. The molecule has 1 saturated heterocycles. The lowest BCUT2D eigenvalue weighted by Crippen LogP contribution is -2.54. The van der Waals surface area contributed by atoms with Gasteiger partial charge < -0.3 is 30.5 Å². The SMILES string of the molecule is CCN1CCN(CC(C)CNC(=NC)NCC(C)(C)NC(=O)OC(C)(C)C)CC1. The zero-order valence-electron chi connectivity index (χ0n) is 19.9. The molecule has 1 rings (SSSR count). The molecule has 170 valence electrons. The first-order valence-corrected chi connectivity index (χ1v) is 10.8. The summed E-state index contributed by atoms with van der Waals surface area (Å²) >= 11 is 0. The molecule has 0 bridgehead atoms. The topological polar surface area (TPSA) is 81.2 Å². The monoisotopic (exact) mass is 412 g/mol. The molecule has 1 aliphatic rings. The number of nitrogens with one attached hydrogen (secondary N) is 3. The minimum Gasteiger partial charge on any atom is -0.444 e. The van der Waals surface area contributed by atoms with E-state index in [9.17, 15) is 4.79 Å². The number of aliphatic imine (C=N–C) groups is 1. The van der Waals surface area contributed by atoms with E-state index in [4.69, 9.17) is 4.74 Å². The van der Waals surface area contributed by atoms with Crippen molar-refractivity contribution in [2.75, 3.05) is 59.4 Å². The fourth-order valence-electron chi connectivity index (χ4n) is 3.21. The van der Waals surface area contributed by atoms with Gasteiger partial charge in [0, 0.05) is 52.9 Å². The Morgan fingerprint density at radius 1 is 1.07 bits per heavy atom. The molecule has 0 aliphatic carbocycles. The Bertz CT molecular complexity index is 522. The van der Waals surface area contributed by atoms with Crippen molar-refractivity contribution in [3.05, 3.63) is 0 Å². The van der Waals surface area contributed by atoms with Crippen LogP contribution < -0.4 is 16.0 Å². The lowest BCUT2D eigenvalue weighted by molar-refractivity contribution is 0.0474. The summed E-state index contributed by atoms with van der Waals surface area (Å²) in [5.41, 5.74) is -0.977. The third-order valence-electron chi connectivity index (χ3n) is 4.86. The van der Waals surface area contributed by atoms with Crippen LogP contribution in [0.25, 0.3) is 0 Å². The maximum atomic E-state index is 12.0. The van der Waals surface area contributed by atoms with Gasteiger partial charge in [-0.25, -0.2) is 4.79 Å². The molecule has 8 heteroatoms. The first-order valence-electron chi connectivity index (χ1n) is 10.8. The fraction of sp³-hybridized carbons (Fsp3) is 0.905. The molecular weight excluding hydrogens is 368 g/mol. The summed E-state index contributed by atoms with van der Waals surface area (Å²) in [7, 11) is 1.76. The Morgan fingerprint density at radius 2 is 1.66 bits per heavy atom. The molecule has 1 fully saturated rings. The molecule has 8 nitrogen and oxygen atoms in total. The summed E-state index contributed by atoms with van der Waals surface area (Å²) in [6.45, 7) is 22.2. The average molecular weight is 413 g/mol. The average Bonchev–Trinajstić information content (AvgIpc) is 2.60. The van der Waals surface area contributed by atoms with Gasteiger partial charge in [-0.15, -0.1) is 0 Å². The minimum absolute atomic E-state index is 0.413. The lowest BCUT2D eigenvalue weighted by atomic mass is 10.1. The van der Waals surface area contributed by atoms with Crippen LogP contribution in [0, 0.1) is 5.92 Å². The Balaban J connectivity index is 2.33. The van der Waals surface area contributed by atoms with Crippen molar-refractivity contribution >= 4 is 12.1 Å². The molecule has 1 atom stereocenters. The summed E-state index contributed by atoms with van der Waals surface area (Å²) in [6.07, 6.45) is -0.413. The number of hydrogen-bond donors (Lipinski definition) is 3. The normalized spacial score (nSPS) is 18.3. The number of carbonyl (C=O) groups excluding carboxylic acids is 1. The number of ether oxygens (including phenoxy) is 1. The molecule has 3 N–H and O–H groups in total. The van der Waals surface area contributed by atoms with Crippen molar-refractivity contribution in [3.63, 3.8) is 0 Å². The predicted molar refractivity (Wildman–Crippen MR) is 121 cm³/mol. The van der Waals surface area contributed by atoms with Crippen LogP contribution in [-0.4, -0.2) is 92.4 Å². The van der Waals surface area contributed by atoms with E-state index in [0.29, 0.717) is 12.5 Å². The van der Waals surface area contributed by atoms with E-state index in [2.05, 4.69) is 44.6 Å². The molecular formula is C21H44N6O2. The van der Waals surface area contributed by atoms with Gasteiger partial charge in [0.05, 0.1) is 5.54 Å². The van der Waals surface area contributed by atoms with Gasteiger partial charge in [0.1, 0.15) is 5.60 Å². The van der Waals surface area contributed by atoms with Gasteiger partial charge in [0.2, 0.25) is 0 Å². The molecule has 29 heavy (non-hydrogen) atoms. The van der Waals surface area contributed by atoms with Crippen molar-refractivity contribution in [3.8, 4) is 0 Å². The predicted octanol–water partition coefficient (Wildman–Crippen LogP) is 1.73. The van der Waals surface area contributed by atoms with Crippen molar-refractivity contribution in [1.82, 2.24) is 25.8 Å². The van der Waals surface area contributed by atoms with Crippen molar-refractivity contribution in [1.29, 1.82) is 0 Å². The van der Waals surface area contributed by atoms with Crippen LogP contribution in [0.15, 0.2) is 4.99 Å². The number of amides is 1. The van der Waals surface area contributed by atoms with Gasteiger partial charge in [0.15, 0.2) is 5.96 Å². The molecule has 0 radical (unpaired) electrons. The number of alkyl carbamates (subject to hydrolysis) is 1. The van der Waals surface area contributed by atoms with Crippen LogP contribution in [-0.2, 0) is 4.74 Å². The van der Waals surface area contributed by atoms with E-state index >= 15 is 0 Å². The number of carbonyl (C=O) groups is 1. The number of nitrogens with zero attached hydrogens (tertiary/aromatic N) is 3. The van der Waals surface area contributed by atoms with E-state index in [-0.39, 0.29) is 0 Å². The Hall–Kier alpha value is -1.54. The summed E-state index contributed by atoms with van der Waals surface area (Å²) in [5.74, 6) is 1.27. The lowest BCUT2D eigenvalue weighted by Gasteiger charge is -2.35. The van der Waals surface area contributed by atoms with E-state index in [0.717, 1.165) is 38.7 Å². The molecule has 0 spiro atoms. The molecule has 1 unspecified atom stereocenters. The molecule has 1 amide bonds. The highest BCUT2D eigenvalue weighted by Gasteiger charge is 2.25. The van der Waals surface area contributed by atoms with E-state index < -0.39 is 17.2 Å². The minimum atomic E-state index is -0.509. The third kappa shape index (κ3) is 11.3. The number of guanidine groups is 1. The summed E-state index contributed by atoms with van der Waals surface area (Å²) in [5, 5.41) is 9.60. The second-order valence-corrected chi connectivity index (χ2v) is 9.66. The maximum absolute atomic E-state index is 12.0. The smallest absolute Gasteiger partial charge is 0.408 e. The molecule has 1 aliphatic heterocycles. The standard InChI is InChI=1S/C21H44N6O2/c1-9-26-10-12-27(13-11-26)15-17(2)14-23-18(22-8)24-16-21(6,7)25-19(28)29-20(3,4)5/h17H,9-16H2,1-8H3,(H,25,28)(H2,22,23,24). The summed E-state index contributed by atoms with van der Waals surface area (Å²) < 4.78 is 5.34. The van der Waals surface area contributed by atoms with Crippen LogP contribution in [0.3, 0.4) is 0 Å². The second kappa shape index (κ2) is 11.6. The molecule has 1 heterocycles. The van der Waals surface area contributed by atoms with E-state index in [1.807, 2.05) is 34.6 Å². The van der Waals surface area contributed by atoms with Crippen molar-refractivity contribution in [2.45, 2.75) is 59.6 Å². The van der Waals surface area contributed by atoms with Crippen LogP contribution in [0.5, 0.6) is 0 Å². The second-order valence-electron chi connectivity index (χ2n) is 9.66. The Morgan fingerprint density at radius 3 is 2.17 bits per heavy atom. The van der Waals surface area contributed by atoms with Crippen LogP contribution in [0.1, 0.15) is 48.5 Å². The number of piperazine rings is 1. The van der Waals surface area contributed by atoms with Crippen LogP contribution in [0.4, 0.5) is 4.79 Å². The zero-order chi connectivity index (χ0) is 22.1. The molecule has 0 aromatic rings. The van der Waals surface area contributed by atoms with Gasteiger partial charge in [-0.2, -0.15) is 0 Å².